The van der Waals surface area contributed by atoms with Gasteiger partial charge >= 0.3 is 0 Å². The highest BCUT2D eigenvalue weighted by Gasteiger charge is 2.26. The molecule has 0 amide bonds. The summed E-state index contributed by atoms with van der Waals surface area (Å²) < 4.78 is 47.8. The molecule has 0 aliphatic carbocycles. The van der Waals surface area contributed by atoms with Crippen molar-refractivity contribution in [2.45, 2.75) is 6.04 Å². The first-order valence-electron chi connectivity index (χ1n) is 5.35. The van der Waals surface area contributed by atoms with E-state index in [1.54, 1.807) is 30.3 Å². The highest BCUT2D eigenvalue weighted by atomic mass is 32.3. The Morgan fingerprint density at radius 3 is 2.30 bits per heavy atom. The number of amidine groups is 1. The maximum atomic E-state index is 11.8. The predicted octanol–water partition coefficient (Wildman–Crippen LogP) is -0.604. The van der Waals surface area contributed by atoms with Gasteiger partial charge in [-0.25, -0.2) is 16.8 Å². The molecule has 4 N–H and O–H groups in total. The van der Waals surface area contributed by atoms with Crippen LogP contribution in [0.1, 0.15) is 11.6 Å². The summed E-state index contributed by atoms with van der Waals surface area (Å²) in [4.78, 5) is 0. The fourth-order valence-corrected chi connectivity index (χ4v) is 4.64. The maximum Gasteiger partial charge on any atom is 0.227 e. The summed E-state index contributed by atoms with van der Waals surface area (Å²) in [6, 6.07) is 6.96. The lowest BCUT2D eigenvalue weighted by molar-refractivity contribution is 0.315. The Bertz CT molecular complexity index is 683. The molecule has 0 saturated carbocycles. The molecule has 1 aromatic carbocycles. The summed E-state index contributed by atoms with van der Waals surface area (Å²) in [6.07, 6.45) is 0.799. The second kappa shape index (κ2) is 6.20. The van der Waals surface area contributed by atoms with E-state index in [0.29, 0.717) is 5.56 Å². The minimum absolute atomic E-state index is 0.395. The van der Waals surface area contributed by atoms with Gasteiger partial charge in [0.15, 0.2) is 20.8 Å². The van der Waals surface area contributed by atoms with Crippen LogP contribution in [0.5, 0.6) is 0 Å². The third kappa shape index (κ3) is 5.15. The molecule has 0 aromatic heterocycles. The van der Waals surface area contributed by atoms with Crippen LogP contribution >= 0.6 is 0 Å². The van der Waals surface area contributed by atoms with Gasteiger partial charge < -0.3 is 10.9 Å². The molecule has 0 spiro atoms. The van der Waals surface area contributed by atoms with Crippen molar-refractivity contribution in [2.24, 2.45) is 10.9 Å². The summed E-state index contributed by atoms with van der Waals surface area (Å²) >= 11 is 0. The van der Waals surface area contributed by atoms with Crippen LogP contribution in [0.2, 0.25) is 0 Å². The van der Waals surface area contributed by atoms with Crippen molar-refractivity contribution in [3.8, 4) is 0 Å². The van der Waals surface area contributed by atoms with Crippen LogP contribution in [0, 0.1) is 0 Å². The molecular formula is C10H15N3O5S2. The number of hydrogen-bond donors (Lipinski definition) is 3. The van der Waals surface area contributed by atoms with Crippen molar-refractivity contribution in [3.05, 3.63) is 35.9 Å². The molecule has 0 bridgehead atoms. The lowest BCUT2D eigenvalue weighted by atomic mass is 10.1. The Hall–Kier alpha value is -1.65. The van der Waals surface area contributed by atoms with Crippen LogP contribution in [0.15, 0.2) is 35.5 Å². The molecule has 1 atom stereocenters. The van der Waals surface area contributed by atoms with Crippen molar-refractivity contribution >= 4 is 25.7 Å². The van der Waals surface area contributed by atoms with E-state index in [2.05, 4.69) is 9.88 Å². The Labute approximate surface area is 117 Å². The first kappa shape index (κ1) is 16.4. The number of hydrogen-bond acceptors (Lipinski definition) is 6. The van der Waals surface area contributed by atoms with E-state index in [4.69, 9.17) is 10.9 Å². The topological polar surface area (TPSA) is 139 Å². The number of sulfone groups is 1. The summed E-state index contributed by atoms with van der Waals surface area (Å²) in [7, 11) is -7.89. The monoisotopic (exact) mass is 321 g/mol. The fourth-order valence-electron chi connectivity index (χ4n) is 1.50. The second-order valence-corrected chi connectivity index (χ2v) is 8.40. The molecule has 0 aliphatic heterocycles. The normalized spacial score (nSPS) is 14.9. The first-order valence-corrected chi connectivity index (χ1v) is 9.06. The van der Waals surface area contributed by atoms with E-state index in [0.717, 1.165) is 6.26 Å². The zero-order valence-electron chi connectivity index (χ0n) is 10.6. The van der Waals surface area contributed by atoms with Gasteiger partial charge in [0.2, 0.25) is 10.0 Å². The molecule has 0 saturated heterocycles. The van der Waals surface area contributed by atoms with E-state index in [1.165, 1.54) is 0 Å². The lowest BCUT2D eigenvalue weighted by Crippen LogP contribution is -2.39. The van der Waals surface area contributed by atoms with Gasteiger partial charge in [0, 0.05) is 6.26 Å². The molecule has 1 unspecified atom stereocenters. The van der Waals surface area contributed by atoms with E-state index < -0.39 is 36.8 Å². The van der Waals surface area contributed by atoms with Gasteiger partial charge in [0.1, 0.15) is 6.04 Å². The van der Waals surface area contributed by atoms with Crippen molar-refractivity contribution in [1.82, 2.24) is 4.72 Å². The van der Waals surface area contributed by atoms with E-state index in [1.807, 2.05) is 0 Å². The summed E-state index contributed by atoms with van der Waals surface area (Å²) in [5.74, 6) is -0.395. The number of nitrogens with zero attached hydrogens (tertiary/aromatic N) is 1. The molecular weight excluding hydrogens is 306 g/mol. The molecule has 0 radical (unpaired) electrons. The maximum absolute atomic E-state index is 11.8. The number of benzene rings is 1. The number of sulfonamides is 1. The Morgan fingerprint density at radius 1 is 1.30 bits per heavy atom. The second-order valence-electron chi connectivity index (χ2n) is 4.14. The molecule has 1 rings (SSSR count). The van der Waals surface area contributed by atoms with Gasteiger partial charge in [0.25, 0.3) is 0 Å². The molecule has 10 heteroatoms. The van der Waals surface area contributed by atoms with Crippen LogP contribution in [0.4, 0.5) is 0 Å². The summed E-state index contributed by atoms with van der Waals surface area (Å²) in [5, 5.41) is 10.4. The highest BCUT2D eigenvalue weighted by molar-refractivity contribution is 8.06. The Morgan fingerprint density at radius 2 is 1.85 bits per heavy atom. The van der Waals surface area contributed by atoms with Crippen LogP contribution in [0.3, 0.4) is 0 Å². The smallest absolute Gasteiger partial charge is 0.227 e. The van der Waals surface area contributed by atoms with Crippen molar-refractivity contribution in [3.63, 3.8) is 0 Å². The van der Waals surface area contributed by atoms with Crippen LogP contribution < -0.4 is 10.5 Å². The highest BCUT2D eigenvalue weighted by Crippen LogP contribution is 2.14. The third-order valence-electron chi connectivity index (χ3n) is 2.21. The minimum Gasteiger partial charge on any atom is -0.409 e. The first-order chi connectivity index (χ1) is 9.14. The van der Waals surface area contributed by atoms with E-state index >= 15 is 0 Å². The molecule has 1 aromatic rings. The molecule has 0 heterocycles. The number of nitrogens with one attached hydrogen (secondary N) is 1. The largest absolute Gasteiger partial charge is 0.409 e. The third-order valence-corrected chi connectivity index (χ3v) is 5.76. The number of rotatable bonds is 6. The van der Waals surface area contributed by atoms with Gasteiger partial charge in [-0.1, -0.05) is 35.5 Å². The lowest BCUT2D eigenvalue weighted by Gasteiger charge is -2.17. The molecule has 0 aliphatic rings. The number of nitrogens with two attached hydrogens (primary N) is 1. The minimum atomic E-state index is -4.15. The molecule has 0 fully saturated rings. The Balaban J connectivity index is 3.10. The summed E-state index contributed by atoms with van der Waals surface area (Å²) in [6.45, 7) is 0. The average Bonchev–Trinajstić information content (AvgIpc) is 2.33. The Kier molecular flexibility index (Phi) is 5.09. The predicted molar refractivity (Wildman–Crippen MR) is 74.4 cm³/mol. The summed E-state index contributed by atoms with van der Waals surface area (Å²) in [5.41, 5.74) is 5.86. The van der Waals surface area contributed by atoms with Gasteiger partial charge in [-0.05, 0) is 5.56 Å². The van der Waals surface area contributed by atoms with Crippen LogP contribution in [-0.2, 0) is 19.9 Å². The quantitative estimate of drug-likeness (QED) is 0.276. The van der Waals surface area contributed by atoms with E-state index in [9.17, 15) is 16.8 Å². The zero-order valence-corrected chi connectivity index (χ0v) is 12.2. The van der Waals surface area contributed by atoms with Crippen molar-refractivity contribution < 1.29 is 22.0 Å². The SMILES string of the molecule is CS(=O)(=O)CS(=O)(=O)NC(/C(N)=N/O)c1ccccc1. The van der Waals surface area contributed by atoms with Gasteiger partial charge in [-0.15, -0.1) is 0 Å². The standard InChI is InChI=1S/C10H15N3O5S2/c1-19(15,16)7-20(17,18)13-9(10(11)12-14)8-5-3-2-4-6-8/h2-6,9,13-14H,7H2,1H3,(H2,11,12). The van der Waals surface area contributed by atoms with Gasteiger partial charge in [-0.2, -0.15) is 4.72 Å². The molecule has 112 valence electrons. The molecule has 8 nitrogen and oxygen atoms in total. The van der Waals surface area contributed by atoms with Crippen LogP contribution in [-0.4, -0.2) is 39.2 Å². The zero-order chi connectivity index (χ0) is 15.4. The average molecular weight is 321 g/mol. The van der Waals surface area contributed by atoms with Crippen LogP contribution in [0.25, 0.3) is 0 Å². The number of oxime groups is 1. The molecule has 20 heavy (non-hydrogen) atoms. The van der Waals surface area contributed by atoms with Gasteiger partial charge in [-0.3, -0.25) is 0 Å². The fraction of sp³-hybridized carbons (Fsp3) is 0.300. The van der Waals surface area contributed by atoms with Gasteiger partial charge in [0.05, 0.1) is 0 Å². The van der Waals surface area contributed by atoms with Crippen molar-refractivity contribution in [2.75, 3.05) is 11.3 Å². The van der Waals surface area contributed by atoms with Crippen molar-refractivity contribution in [1.29, 1.82) is 0 Å². The van der Waals surface area contributed by atoms with E-state index in [-0.39, 0.29) is 0 Å².